The van der Waals surface area contributed by atoms with E-state index >= 15 is 0 Å². The van der Waals surface area contributed by atoms with Gasteiger partial charge < -0.3 is 19.7 Å². The van der Waals surface area contributed by atoms with Gasteiger partial charge in [-0.3, -0.25) is 4.79 Å². The van der Waals surface area contributed by atoms with Crippen LogP contribution in [0.4, 0.5) is 4.79 Å². The fraction of sp³-hybridized carbons (Fsp3) is 0.538. The van der Waals surface area contributed by atoms with Crippen LogP contribution >= 0.6 is 0 Å². The minimum atomic E-state index is -0.761. The minimum Gasteiger partial charge on any atom is -0.481 e. The molecule has 2 amide bonds. The molecule has 2 heterocycles. The first-order valence-corrected chi connectivity index (χ1v) is 6.41. The highest BCUT2D eigenvalue weighted by atomic mass is 16.4. The van der Waals surface area contributed by atoms with E-state index in [2.05, 4.69) is 5.32 Å². The number of urea groups is 1. The summed E-state index contributed by atoms with van der Waals surface area (Å²) in [4.78, 5) is 24.2. The number of nitrogens with zero attached hydrogens (tertiary/aromatic N) is 1. The van der Waals surface area contributed by atoms with Crippen molar-refractivity contribution in [1.29, 1.82) is 0 Å². The summed E-state index contributed by atoms with van der Waals surface area (Å²) in [6, 6.07) is 1.70. The molecule has 2 N–H and O–H groups in total. The summed E-state index contributed by atoms with van der Waals surface area (Å²) >= 11 is 0. The van der Waals surface area contributed by atoms with E-state index in [4.69, 9.17) is 9.52 Å². The third-order valence-corrected chi connectivity index (χ3v) is 3.39. The summed E-state index contributed by atoms with van der Waals surface area (Å²) in [5, 5.41) is 11.5. The number of nitrogens with one attached hydrogen (secondary N) is 1. The Kier molecular flexibility index (Phi) is 4.43. The molecule has 1 aliphatic rings. The first-order chi connectivity index (χ1) is 9.15. The fourth-order valence-electron chi connectivity index (χ4n) is 2.27. The van der Waals surface area contributed by atoms with Crippen LogP contribution in [0.5, 0.6) is 0 Å². The predicted molar refractivity (Wildman–Crippen MR) is 67.5 cm³/mol. The van der Waals surface area contributed by atoms with Crippen LogP contribution in [-0.4, -0.2) is 35.1 Å². The smallest absolute Gasteiger partial charge is 0.317 e. The molecule has 2 rings (SSSR count). The van der Waals surface area contributed by atoms with Gasteiger partial charge in [-0.05, 0) is 24.8 Å². The molecule has 6 heteroatoms. The number of furan rings is 1. The fourth-order valence-corrected chi connectivity index (χ4v) is 2.27. The Bertz CT molecular complexity index is 422. The molecule has 0 radical (unpaired) electrons. The van der Waals surface area contributed by atoms with Gasteiger partial charge in [-0.2, -0.15) is 0 Å². The van der Waals surface area contributed by atoms with Gasteiger partial charge in [0.05, 0.1) is 12.5 Å². The highest BCUT2D eigenvalue weighted by Crippen LogP contribution is 2.20. The van der Waals surface area contributed by atoms with Gasteiger partial charge in [0.1, 0.15) is 0 Å². The zero-order valence-corrected chi connectivity index (χ0v) is 10.7. The summed E-state index contributed by atoms with van der Waals surface area (Å²) < 4.78 is 4.92. The second kappa shape index (κ2) is 6.26. The number of piperidine rings is 1. The quantitative estimate of drug-likeness (QED) is 0.868. The number of carbonyl (C=O) groups excluding carboxylic acids is 1. The summed E-state index contributed by atoms with van der Waals surface area (Å²) in [6.07, 6.45) is 4.87. The van der Waals surface area contributed by atoms with Crippen LogP contribution < -0.4 is 5.32 Å². The van der Waals surface area contributed by atoms with E-state index in [-0.39, 0.29) is 18.4 Å². The molecule has 0 unspecified atom stereocenters. The maximum Gasteiger partial charge on any atom is 0.317 e. The number of amides is 2. The molecular formula is C13H18N2O4. The van der Waals surface area contributed by atoms with Gasteiger partial charge in [-0.1, -0.05) is 0 Å². The molecule has 0 saturated carbocycles. The van der Waals surface area contributed by atoms with E-state index in [9.17, 15) is 9.59 Å². The van der Waals surface area contributed by atoms with Crippen molar-refractivity contribution < 1.29 is 19.1 Å². The average molecular weight is 266 g/mol. The van der Waals surface area contributed by atoms with Crippen molar-refractivity contribution in [3.05, 3.63) is 24.2 Å². The third-order valence-electron chi connectivity index (χ3n) is 3.39. The lowest BCUT2D eigenvalue weighted by molar-refractivity contribution is -0.138. The highest BCUT2D eigenvalue weighted by molar-refractivity contribution is 5.74. The Morgan fingerprint density at radius 3 is 2.74 bits per heavy atom. The molecule has 0 aromatic carbocycles. The Morgan fingerprint density at radius 2 is 2.16 bits per heavy atom. The minimum absolute atomic E-state index is 0.102. The van der Waals surface area contributed by atoms with Gasteiger partial charge in [-0.25, -0.2) is 4.79 Å². The van der Waals surface area contributed by atoms with Crippen LogP contribution in [0.15, 0.2) is 23.0 Å². The van der Waals surface area contributed by atoms with E-state index in [0.29, 0.717) is 19.6 Å². The molecule has 1 aromatic rings. The zero-order valence-electron chi connectivity index (χ0n) is 10.7. The predicted octanol–water partition coefficient (Wildman–Crippen LogP) is 1.68. The number of carbonyl (C=O) groups is 2. The maximum atomic E-state index is 11.9. The highest BCUT2D eigenvalue weighted by Gasteiger charge is 2.24. The standard InChI is InChI=1S/C13H18N2O4/c16-12(17)7-10-1-4-15(5-2-10)13(18)14-8-11-3-6-19-9-11/h3,6,9-10H,1-2,4-5,7-8H2,(H,14,18)(H,16,17). The molecule has 0 bridgehead atoms. The van der Waals surface area contributed by atoms with Gasteiger partial charge in [-0.15, -0.1) is 0 Å². The van der Waals surface area contributed by atoms with Crippen molar-refractivity contribution in [2.24, 2.45) is 5.92 Å². The average Bonchev–Trinajstić information content (AvgIpc) is 2.89. The Labute approximate surface area is 111 Å². The Morgan fingerprint density at radius 1 is 1.42 bits per heavy atom. The normalized spacial score (nSPS) is 16.3. The lowest BCUT2D eigenvalue weighted by Crippen LogP contribution is -2.44. The van der Waals surface area contributed by atoms with E-state index in [1.165, 1.54) is 0 Å². The molecule has 19 heavy (non-hydrogen) atoms. The number of carboxylic acid groups (broad SMARTS) is 1. The molecule has 1 aliphatic heterocycles. The molecule has 0 atom stereocenters. The van der Waals surface area contributed by atoms with Crippen LogP contribution in [-0.2, 0) is 11.3 Å². The summed E-state index contributed by atoms with van der Waals surface area (Å²) in [7, 11) is 0. The van der Waals surface area contributed by atoms with E-state index in [1.807, 2.05) is 0 Å². The van der Waals surface area contributed by atoms with Crippen LogP contribution in [0.3, 0.4) is 0 Å². The largest absolute Gasteiger partial charge is 0.481 e. The number of hydrogen-bond donors (Lipinski definition) is 2. The SMILES string of the molecule is O=C(O)CC1CCN(C(=O)NCc2ccoc2)CC1. The van der Waals surface area contributed by atoms with E-state index in [1.54, 1.807) is 23.5 Å². The molecule has 1 fully saturated rings. The van der Waals surface area contributed by atoms with Gasteiger partial charge in [0, 0.05) is 31.6 Å². The number of carboxylic acids is 1. The Balaban J connectivity index is 1.71. The molecule has 0 aliphatic carbocycles. The second-order valence-corrected chi connectivity index (χ2v) is 4.82. The van der Waals surface area contributed by atoms with Crippen molar-refractivity contribution in [3.8, 4) is 0 Å². The summed E-state index contributed by atoms with van der Waals surface area (Å²) in [5.41, 5.74) is 0.925. The maximum absolute atomic E-state index is 11.9. The zero-order chi connectivity index (χ0) is 13.7. The monoisotopic (exact) mass is 266 g/mol. The molecule has 1 saturated heterocycles. The van der Waals surface area contributed by atoms with Gasteiger partial charge in [0.2, 0.25) is 0 Å². The number of hydrogen-bond acceptors (Lipinski definition) is 3. The van der Waals surface area contributed by atoms with Crippen molar-refractivity contribution in [2.45, 2.75) is 25.8 Å². The first kappa shape index (κ1) is 13.5. The summed E-state index contributed by atoms with van der Waals surface area (Å²) in [5.74, 6) is -0.571. The van der Waals surface area contributed by atoms with Crippen molar-refractivity contribution in [1.82, 2.24) is 10.2 Å². The lowest BCUT2D eigenvalue weighted by atomic mass is 9.94. The van der Waals surface area contributed by atoms with Crippen molar-refractivity contribution in [3.63, 3.8) is 0 Å². The topological polar surface area (TPSA) is 82.8 Å². The Hall–Kier alpha value is -1.98. The molecular weight excluding hydrogens is 248 g/mol. The first-order valence-electron chi connectivity index (χ1n) is 6.41. The van der Waals surface area contributed by atoms with Crippen molar-refractivity contribution >= 4 is 12.0 Å². The van der Waals surface area contributed by atoms with E-state index in [0.717, 1.165) is 18.4 Å². The van der Waals surface area contributed by atoms with Crippen LogP contribution in [0.2, 0.25) is 0 Å². The van der Waals surface area contributed by atoms with Gasteiger partial charge >= 0.3 is 12.0 Å². The third kappa shape index (κ3) is 4.01. The lowest BCUT2D eigenvalue weighted by Gasteiger charge is -2.31. The molecule has 0 spiro atoms. The molecule has 6 nitrogen and oxygen atoms in total. The molecule has 104 valence electrons. The number of rotatable bonds is 4. The van der Waals surface area contributed by atoms with E-state index < -0.39 is 5.97 Å². The van der Waals surface area contributed by atoms with Crippen LogP contribution in [0.1, 0.15) is 24.8 Å². The van der Waals surface area contributed by atoms with Gasteiger partial charge in [0.25, 0.3) is 0 Å². The molecule has 1 aromatic heterocycles. The number of likely N-dealkylation sites (tertiary alicyclic amines) is 1. The summed E-state index contributed by atoms with van der Waals surface area (Å²) in [6.45, 7) is 1.69. The number of aliphatic carboxylic acids is 1. The van der Waals surface area contributed by atoms with Gasteiger partial charge in [0.15, 0.2) is 0 Å². The van der Waals surface area contributed by atoms with Crippen molar-refractivity contribution in [2.75, 3.05) is 13.1 Å². The second-order valence-electron chi connectivity index (χ2n) is 4.82. The van der Waals surface area contributed by atoms with Crippen LogP contribution in [0, 0.1) is 5.92 Å². The van der Waals surface area contributed by atoms with Crippen LogP contribution in [0.25, 0.3) is 0 Å².